The van der Waals surface area contributed by atoms with Crippen molar-refractivity contribution >= 4 is 40.9 Å². The zero-order chi connectivity index (χ0) is 14.4. The third kappa shape index (κ3) is 4.85. The monoisotopic (exact) mass is 332 g/mol. The van der Waals surface area contributed by atoms with E-state index in [9.17, 15) is 4.79 Å². The zero-order valence-corrected chi connectivity index (χ0v) is 13.5. The average molecular weight is 333 g/mol. The van der Waals surface area contributed by atoms with E-state index in [0.717, 1.165) is 23.6 Å². The van der Waals surface area contributed by atoms with Gasteiger partial charge in [-0.05, 0) is 24.1 Å². The van der Waals surface area contributed by atoms with Crippen LogP contribution in [0, 0.1) is 0 Å². The maximum absolute atomic E-state index is 11.8. The Morgan fingerprint density at radius 3 is 2.80 bits per heavy atom. The van der Waals surface area contributed by atoms with Gasteiger partial charge in [-0.15, -0.1) is 0 Å². The second kappa shape index (κ2) is 8.13. The molecule has 1 aromatic rings. The van der Waals surface area contributed by atoms with Gasteiger partial charge in [0.25, 0.3) is 0 Å². The maximum atomic E-state index is 11.8. The van der Waals surface area contributed by atoms with E-state index < -0.39 is 0 Å². The summed E-state index contributed by atoms with van der Waals surface area (Å²) in [5, 5.41) is 7.58. The Labute approximate surface area is 133 Å². The van der Waals surface area contributed by atoms with Gasteiger partial charge in [-0.2, -0.15) is 11.8 Å². The predicted molar refractivity (Wildman–Crippen MR) is 86.9 cm³/mol. The second-order valence-electron chi connectivity index (χ2n) is 4.73. The first kappa shape index (κ1) is 16.0. The molecule has 110 valence electrons. The van der Waals surface area contributed by atoms with Crippen LogP contribution in [0.3, 0.4) is 0 Å². The maximum Gasteiger partial charge on any atom is 0.221 e. The lowest BCUT2D eigenvalue weighted by Crippen LogP contribution is -2.41. The highest BCUT2D eigenvalue weighted by molar-refractivity contribution is 7.99. The van der Waals surface area contributed by atoms with Crippen molar-refractivity contribution in [1.29, 1.82) is 0 Å². The SMILES string of the molecule is O=C(CC1CSCCN1)NCCc1c(Cl)cccc1Cl. The van der Waals surface area contributed by atoms with Crippen molar-refractivity contribution in [2.75, 3.05) is 24.6 Å². The Morgan fingerprint density at radius 2 is 2.15 bits per heavy atom. The highest BCUT2D eigenvalue weighted by Gasteiger charge is 2.16. The summed E-state index contributed by atoms with van der Waals surface area (Å²) in [6.45, 7) is 1.54. The molecular weight excluding hydrogens is 315 g/mol. The molecule has 1 saturated heterocycles. The Kier molecular flexibility index (Phi) is 6.49. The minimum absolute atomic E-state index is 0.0770. The molecule has 6 heteroatoms. The number of carbonyl (C=O) groups excluding carboxylic acids is 1. The standard InChI is InChI=1S/C14H18Cl2N2OS/c15-12-2-1-3-13(16)11(12)4-5-18-14(19)8-10-9-20-7-6-17-10/h1-3,10,17H,4-9H2,(H,18,19). The molecule has 2 rings (SSSR count). The first-order chi connectivity index (χ1) is 9.66. The molecule has 0 aliphatic carbocycles. The van der Waals surface area contributed by atoms with Crippen LogP contribution in [0.4, 0.5) is 0 Å². The van der Waals surface area contributed by atoms with Crippen molar-refractivity contribution in [1.82, 2.24) is 10.6 Å². The number of benzene rings is 1. The van der Waals surface area contributed by atoms with Gasteiger partial charge in [-0.1, -0.05) is 29.3 Å². The van der Waals surface area contributed by atoms with Gasteiger partial charge >= 0.3 is 0 Å². The van der Waals surface area contributed by atoms with Gasteiger partial charge in [0.15, 0.2) is 0 Å². The minimum Gasteiger partial charge on any atom is -0.356 e. The number of rotatable bonds is 5. The molecule has 0 radical (unpaired) electrons. The summed E-state index contributed by atoms with van der Waals surface area (Å²) in [6.07, 6.45) is 1.18. The summed E-state index contributed by atoms with van der Waals surface area (Å²) in [4.78, 5) is 11.8. The molecule has 20 heavy (non-hydrogen) atoms. The van der Waals surface area contributed by atoms with Crippen LogP contribution in [0.15, 0.2) is 18.2 Å². The largest absolute Gasteiger partial charge is 0.356 e. The number of halogens is 2. The van der Waals surface area contributed by atoms with Crippen LogP contribution in [-0.4, -0.2) is 36.5 Å². The van der Waals surface area contributed by atoms with E-state index >= 15 is 0 Å². The van der Waals surface area contributed by atoms with Gasteiger partial charge < -0.3 is 10.6 Å². The molecule has 0 aromatic heterocycles. The summed E-state index contributed by atoms with van der Waals surface area (Å²) in [5.41, 5.74) is 0.891. The van der Waals surface area contributed by atoms with Crippen molar-refractivity contribution in [3.63, 3.8) is 0 Å². The van der Waals surface area contributed by atoms with Gasteiger partial charge in [-0.3, -0.25) is 4.79 Å². The van der Waals surface area contributed by atoms with E-state index in [0.29, 0.717) is 29.4 Å². The van der Waals surface area contributed by atoms with Crippen LogP contribution in [0.2, 0.25) is 10.0 Å². The molecule has 0 spiro atoms. The van der Waals surface area contributed by atoms with Crippen LogP contribution in [0.1, 0.15) is 12.0 Å². The number of thioether (sulfide) groups is 1. The highest BCUT2D eigenvalue weighted by atomic mass is 35.5. The first-order valence-electron chi connectivity index (χ1n) is 6.67. The van der Waals surface area contributed by atoms with Crippen LogP contribution in [0.5, 0.6) is 0 Å². The Balaban J connectivity index is 1.73. The molecule has 1 atom stereocenters. The second-order valence-corrected chi connectivity index (χ2v) is 6.69. The van der Waals surface area contributed by atoms with Crippen molar-refractivity contribution in [2.24, 2.45) is 0 Å². The molecular formula is C14H18Cl2N2OS. The van der Waals surface area contributed by atoms with Gasteiger partial charge in [0.2, 0.25) is 5.91 Å². The van der Waals surface area contributed by atoms with E-state index in [1.807, 2.05) is 30.0 Å². The number of amides is 1. The van der Waals surface area contributed by atoms with Gasteiger partial charge in [0.1, 0.15) is 0 Å². The number of hydrogen-bond acceptors (Lipinski definition) is 3. The van der Waals surface area contributed by atoms with Crippen LogP contribution in [-0.2, 0) is 11.2 Å². The third-order valence-corrected chi connectivity index (χ3v) is 5.03. The molecule has 1 unspecified atom stereocenters. The van der Waals surface area contributed by atoms with Crippen molar-refractivity contribution in [3.8, 4) is 0 Å². The summed E-state index contributed by atoms with van der Waals surface area (Å²) in [5.74, 6) is 2.21. The Bertz CT molecular complexity index is 444. The molecule has 1 aromatic carbocycles. The summed E-state index contributed by atoms with van der Waals surface area (Å²) >= 11 is 14.1. The smallest absolute Gasteiger partial charge is 0.221 e. The average Bonchev–Trinajstić information content (AvgIpc) is 2.43. The lowest BCUT2D eigenvalue weighted by Gasteiger charge is -2.22. The van der Waals surface area contributed by atoms with E-state index in [-0.39, 0.29) is 11.9 Å². The normalized spacial score (nSPS) is 18.8. The molecule has 0 saturated carbocycles. The van der Waals surface area contributed by atoms with Crippen LogP contribution >= 0.6 is 35.0 Å². The third-order valence-electron chi connectivity index (χ3n) is 3.19. The number of hydrogen-bond donors (Lipinski definition) is 2. The van der Waals surface area contributed by atoms with Gasteiger partial charge in [0.05, 0.1) is 0 Å². The lowest BCUT2D eigenvalue weighted by molar-refractivity contribution is -0.121. The molecule has 0 bridgehead atoms. The summed E-state index contributed by atoms with van der Waals surface area (Å²) in [6, 6.07) is 5.73. The Hall–Kier alpha value is -0.420. The molecule has 3 nitrogen and oxygen atoms in total. The minimum atomic E-state index is 0.0770. The molecule has 1 fully saturated rings. The fourth-order valence-electron chi connectivity index (χ4n) is 2.14. The van der Waals surface area contributed by atoms with E-state index in [1.165, 1.54) is 0 Å². The predicted octanol–water partition coefficient (Wildman–Crippen LogP) is 2.75. The topological polar surface area (TPSA) is 41.1 Å². The first-order valence-corrected chi connectivity index (χ1v) is 8.58. The molecule has 1 heterocycles. The fourth-order valence-corrected chi connectivity index (χ4v) is 3.68. The van der Waals surface area contributed by atoms with Crippen LogP contribution < -0.4 is 10.6 Å². The van der Waals surface area contributed by atoms with E-state index in [4.69, 9.17) is 23.2 Å². The molecule has 2 N–H and O–H groups in total. The van der Waals surface area contributed by atoms with Crippen LogP contribution in [0.25, 0.3) is 0 Å². The summed E-state index contributed by atoms with van der Waals surface area (Å²) in [7, 11) is 0. The lowest BCUT2D eigenvalue weighted by atomic mass is 10.1. The van der Waals surface area contributed by atoms with Gasteiger partial charge in [0, 0.05) is 47.1 Å². The van der Waals surface area contributed by atoms with Crippen molar-refractivity contribution < 1.29 is 4.79 Å². The Morgan fingerprint density at radius 1 is 1.40 bits per heavy atom. The summed E-state index contributed by atoms with van der Waals surface area (Å²) < 4.78 is 0. The highest BCUT2D eigenvalue weighted by Crippen LogP contribution is 2.24. The number of nitrogens with one attached hydrogen (secondary N) is 2. The van der Waals surface area contributed by atoms with Gasteiger partial charge in [-0.25, -0.2) is 0 Å². The van der Waals surface area contributed by atoms with Crippen molar-refractivity contribution in [2.45, 2.75) is 18.9 Å². The van der Waals surface area contributed by atoms with E-state index in [2.05, 4.69) is 10.6 Å². The molecule has 1 aliphatic heterocycles. The number of carbonyl (C=O) groups is 1. The fraction of sp³-hybridized carbons (Fsp3) is 0.500. The zero-order valence-electron chi connectivity index (χ0n) is 11.1. The molecule has 1 aliphatic rings. The molecule has 1 amide bonds. The van der Waals surface area contributed by atoms with E-state index in [1.54, 1.807) is 0 Å². The quantitative estimate of drug-likeness (QED) is 0.871. The van der Waals surface area contributed by atoms with Crippen molar-refractivity contribution in [3.05, 3.63) is 33.8 Å².